The fraction of sp³-hybridized carbons (Fsp3) is 0.211. The highest BCUT2D eigenvalue weighted by atomic mass is 32.2. The highest BCUT2D eigenvalue weighted by molar-refractivity contribution is 7.98. The average Bonchev–Trinajstić information content (AvgIpc) is 2.61. The third-order valence-corrected chi connectivity index (χ3v) is 4.31. The van der Waals surface area contributed by atoms with Crippen LogP contribution in [0.15, 0.2) is 53.4 Å². The molecule has 0 radical (unpaired) electrons. The summed E-state index contributed by atoms with van der Waals surface area (Å²) in [6.45, 7) is 2.96. The molecule has 1 N–H and O–H groups in total. The Labute approximate surface area is 150 Å². The van der Waals surface area contributed by atoms with Gasteiger partial charge in [0.15, 0.2) is 11.9 Å². The van der Waals surface area contributed by atoms with Crippen LogP contribution in [0.5, 0.6) is 0 Å². The fourth-order valence-corrected chi connectivity index (χ4v) is 2.74. The van der Waals surface area contributed by atoms with Gasteiger partial charge in [-0.3, -0.25) is 9.59 Å². The molecule has 0 heterocycles. The highest BCUT2D eigenvalue weighted by Gasteiger charge is 2.20. The van der Waals surface area contributed by atoms with Crippen LogP contribution in [-0.4, -0.2) is 30.0 Å². The Morgan fingerprint density at radius 2 is 1.80 bits per heavy atom. The Kier molecular flexibility index (Phi) is 6.36. The Bertz CT molecular complexity index is 804. The first-order valence-corrected chi connectivity index (χ1v) is 8.90. The van der Waals surface area contributed by atoms with Crippen LogP contribution >= 0.6 is 11.8 Å². The second-order valence-corrected chi connectivity index (χ2v) is 6.22. The molecule has 0 saturated heterocycles. The maximum Gasteiger partial charge on any atom is 0.340 e. The van der Waals surface area contributed by atoms with Crippen molar-refractivity contribution in [3.8, 4) is 0 Å². The number of Topliss-reactive ketones (excluding diaryl/α,β-unsaturated/α-hetero) is 1. The van der Waals surface area contributed by atoms with Crippen LogP contribution in [0.1, 0.15) is 34.6 Å². The van der Waals surface area contributed by atoms with Crippen molar-refractivity contribution in [2.45, 2.75) is 24.8 Å². The Morgan fingerprint density at radius 3 is 2.48 bits per heavy atom. The average molecular weight is 357 g/mol. The molecule has 130 valence electrons. The molecule has 0 fully saturated rings. The van der Waals surface area contributed by atoms with Gasteiger partial charge in [-0.15, -0.1) is 11.8 Å². The van der Waals surface area contributed by atoms with Crippen LogP contribution in [0.4, 0.5) is 5.69 Å². The lowest BCUT2D eigenvalue weighted by Crippen LogP contribution is -2.30. The molecule has 1 atom stereocenters. The first-order valence-electron chi connectivity index (χ1n) is 7.68. The molecular weight excluding hydrogens is 338 g/mol. The number of hydrogen-bond acceptors (Lipinski definition) is 5. The van der Waals surface area contributed by atoms with Crippen LogP contribution in [-0.2, 0) is 9.53 Å². The number of ketones is 1. The number of amides is 1. The van der Waals surface area contributed by atoms with Crippen molar-refractivity contribution in [2.75, 3.05) is 11.6 Å². The predicted octanol–water partition coefficient (Wildman–Crippen LogP) is 3.80. The molecule has 0 saturated carbocycles. The summed E-state index contributed by atoms with van der Waals surface area (Å²) in [6, 6.07) is 13.7. The smallest absolute Gasteiger partial charge is 0.340 e. The number of thioether (sulfide) groups is 1. The predicted molar refractivity (Wildman–Crippen MR) is 98.2 cm³/mol. The molecule has 2 aromatic rings. The van der Waals surface area contributed by atoms with E-state index in [0.717, 1.165) is 4.90 Å². The maximum absolute atomic E-state index is 12.3. The van der Waals surface area contributed by atoms with Gasteiger partial charge in [-0.05, 0) is 44.4 Å². The molecule has 0 aliphatic carbocycles. The summed E-state index contributed by atoms with van der Waals surface area (Å²) >= 11 is 1.43. The summed E-state index contributed by atoms with van der Waals surface area (Å²) in [7, 11) is 0. The molecule has 25 heavy (non-hydrogen) atoms. The monoisotopic (exact) mass is 357 g/mol. The molecule has 0 aliphatic rings. The summed E-state index contributed by atoms with van der Waals surface area (Å²) in [6.07, 6.45) is 0.896. The number of anilines is 1. The van der Waals surface area contributed by atoms with E-state index < -0.39 is 18.0 Å². The number of benzene rings is 2. The number of esters is 1. The van der Waals surface area contributed by atoms with Gasteiger partial charge in [0.1, 0.15) is 0 Å². The second-order valence-electron chi connectivity index (χ2n) is 5.37. The van der Waals surface area contributed by atoms with Crippen molar-refractivity contribution in [2.24, 2.45) is 0 Å². The molecule has 0 spiro atoms. The number of hydrogen-bond donors (Lipinski definition) is 1. The van der Waals surface area contributed by atoms with Crippen molar-refractivity contribution in [1.29, 1.82) is 0 Å². The molecular formula is C19H19NO4S. The van der Waals surface area contributed by atoms with Gasteiger partial charge in [-0.1, -0.05) is 24.3 Å². The van der Waals surface area contributed by atoms with Crippen LogP contribution in [0.2, 0.25) is 0 Å². The SMILES string of the molecule is CSc1ccccc1C(=O)O[C@@H](C)C(=O)Nc1cccc(C(C)=O)c1. The Hall–Kier alpha value is -2.60. The van der Waals surface area contributed by atoms with E-state index in [2.05, 4.69) is 5.32 Å². The van der Waals surface area contributed by atoms with Crippen LogP contribution < -0.4 is 5.32 Å². The van der Waals surface area contributed by atoms with E-state index in [1.54, 1.807) is 36.4 Å². The molecule has 1 amide bonds. The highest BCUT2D eigenvalue weighted by Crippen LogP contribution is 2.21. The number of rotatable bonds is 6. The number of carbonyl (C=O) groups excluding carboxylic acids is 3. The van der Waals surface area contributed by atoms with Gasteiger partial charge in [0.05, 0.1) is 5.56 Å². The van der Waals surface area contributed by atoms with Crippen LogP contribution in [0.3, 0.4) is 0 Å². The zero-order chi connectivity index (χ0) is 18.4. The lowest BCUT2D eigenvalue weighted by Gasteiger charge is -2.15. The molecule has 0 aromatic heterocycles. The van der Waals surface area contributed by atoms with Gasteiger partial charge < -0.3 is 10.1 Å². The molecule has 2 rings (SSSR count). The summed E-state index contributed by atoms with van der Waals surface area (Å²) in [5, 5.41) is 2.65. The summed E-state index contributed by atoms with van der Waals surface area (Å²) < 4.78 is 5.26. The van der Waals surface area contributed by atoms with Gasteiger partial charge in [-0.25, -0.2) is 4.79 Å². The molecule has 2 aromatic carbocycles. The van der Waals surface area contributed by atoms with Gasteiger partial charge in [0.25, 0.3) is 5.91 Å². The van der Waals surface area contributed by atoms with Gasteiger partial charge >= 0.3 is 5.97 Å². The van der Waals surface area contributed by atoms with E-state index in [-0.39, 0.29) is 5.78 Å². The van der Waals surface area contributed by atoms with E-state index in [1.807, 2.05) is 18.4 Å². The van der Waals surface area contributed by atoms with Gasteiger partial charge in [0.2, 0.25) is 0 Å². The van der Waals surface area contributed by atoms with Crippen molar-refractivity contribution < 1.29 is 19.1 Å². The van der Waals surface area contributed by atoms with E-state index in [1.165, 1.54) is 25.6 Å². The van der Waals surface area contributed by atoms with E-state index in [4.69, 9.17) is 4.74 Å². The minimum Gasteiger partial charge on any atom is -0.449 e. The Balaban J connectivity index is 2.04. The number of ether oxygens (including phenoxy) is 1. The van der Waals surface area contributed by atoms with E-state index in [9.17, 15) is 14.4 Å². The van der Waals surface area contributed by atoms with Gasteiger partial charge in [0, 0.05) is 16.1 Å². The zero-order valence-electron chi connectivity index (χ0n) is 14.2. The third kappa shape index (κ3) is 4.93. The molecule has 0 unspecified atom stereocenters. The van der Waals surface area contributed by atoms with E-state index >= 15 is 0 Å². The second kappa shape index (κ2) is 8.48. The van der Waals surface area contributed by atoms with Crippen molar-refractivity contribution in [3.05, 3.63) is 59.7 Å². The lowest BCUT2D eigenvalue weighted by molar-refractivity contribution is -0.123. The number of nitrogens with one attached hydrogen (secondary N) is 1. The topological polar surface area (TPSA) is 72.5 Å². The first-order chi connectivity index (χ1) is 11.9. The molecule has 0 aliphatic heterocycles. The standard InChI is InChI=1S/C19H19NO4S/c1-12(21)14-7-6-8-15(11-14)20-18(22)13(2)24-19(23)16-9-4-5-10-17(16)25-3/h4-11,13H,1-3H3,(H,20,22)/t13-/m0/s1. The summed E-state index contributed by atoms with van der Waals surface area (Å²) in [5.41, 5.74) is 1.40. The molecule has 6 heteroatoms. The number of carbonyl (C=O) groups is 3. The summed E-state index contributed by atoms with van der Waals surface area (Å²) in [4.78, 5) is 36.7. The summed E-state index contributed by atoms with van der Waals surface area (Å²) in [5.74, 6) is -1.11. The Morgan fingerprint density at radius 1 is 1.08 bits per heavy atom. The largest absolute Gasteiger partial charge is 0.449 e. The molecule has 0 bridgehead atoms. The van der Waals surface area contributed by atoms with Crippen molar-refractivity contribution in [1.82, 2.24) is 0 Å². The van der Waals surface area contributed by atoms with Crippen molar-refractivity contribution >= 4 is 35.1 Å². The van der Waals surface area contributed by atoms with Crippen LogP contribution in [0, 0.1) is 0 Å². The molecule has 5 nitrogen and oxygen atoms in total. The third-order valence-electron chi connectivity index (χ3n) is 3.52. The zero-order valence-corrected chi connectivity index (χ0v) is 15.1. The van der Waals surface area contributed by atoms with Gasteiger partial charge in [-0.2, -0.15) is 0 Å². The maximum atomic E-state index is 12.3. The van der Waals surface area contributed by atoms with Crippen molar-refractivity contribution in [3.63, 3.8) is 0 Å². The minimum atomic E-state index is -0.969. The normalized spacial score (nSPS) is 11.5. The quantitative estimate of drug-likeness (QED) is 0.484. The minimum absolute atomic E-state index is 0.0933. The van der Waals surface area contributed by atoms with E-state index in [0.29, 0.717) is 16.8 Å². The first kappa shape index (κ1) is 18.7. The van der Waals surface area contributed by atoms with Crippen LogP contribution in [0.25, 0.3) is 0 Å². The fourth-order valence-electron chi connectivity index (χ4n) is 2.15. The lowest BCUT2D eigenvalue weighted by atomic mass is 10.1.